The van der Waals surface area contributed by atoms with E-state index in [0.717, 1.165) is 69.8 Å². The van der Waals surface area contributed by atoms with Gasteiger partial charge in [-0.15, -0.1) is 0 Å². The van der Waals surface area contributed by atoms with Crippen LogP contribution in [0.25, 0.3) is 0 Å². The molecule has 2 aliphatic rings. The van der Waals surface area contributed by atoms with Crippen molar-refractivity contribution in [2.75, 3.05) is 51.7 Å². The molecule has 0 radical (unpaired) electrons. The molecule has 0 aliphatic carbocycles. The van der Waals surface area contributed by atoms with Crippen LogP contribution in [0.2, 0.25) is 0 Å². The number of nitrogens with zero attached hydrogens (tertiary/aromatic N) is 2. The Bertz CT molecular complexity index is 553. The lowest BCUT2D eigenvalue weighted by Crippen LogP contribution is -2.47. The van der Waals surface area contributed by atoms with Gasteiger partial charge >= 0.3 is 0 Å². The molecule has 138 valence electrons. The molecule has 25 heavy (non-hydrogen) atoms. The Labute approximate surface area is 151 Å². The van der Waals surface area contributed by atoms with Gasteiger partial charge in [-0.3, -0.25) is 4.79 Å². The van der Waals surface area contributed by atoms with E-state index >= 15 is 0 Å². The van der Waals surface area contributed by atoms with Crippen molar-refractivity contribution in [2.45, 2.75) is 32.3 Å². The summed E-state index contributed by atoms with van der Waals surface area (Å²) >= 11 is 0. The summed E-state index contributed by atoms with van der Waals surface area (Å²) in [5, 5.41) is 3.52. The van der Waals surface area contributed by atoms with Crippen LogP contribution in [-0.4, -0.2) is 68.2 Å². The second-order valence-electron chi connectivity index (χ2n) is 7.35. The zero-order valence-corrected chi connectivity index (χ0v) is 15.5. The van der Waals surface area contributed by atoms with Crippen molar-refractivity contribution in [3.63, 3.8) is 0 Å². The van der Waals surface area contributed by atoms with Gasteiger partial charge in [-0.2, -0.15) is 0 Å². The Morgan fingerprint density at radius 3 is 2.60 bits per heavy atom. The summed E-state index contributed by atoms with van der Waals surface area (Å²) < 4.78 is 5.74. The van der Waals surface area contributed by atoms with E-state index in [1.54, 1.807) is 0 Å². The molecule has 2 aliphatic heterocycles. The second kappa shape index (κ2) is 8.68. The Hall–Kier alpha value is -1.59. The lowest BCUT2D eigenvalue weighted by molar-refractivity contribution is -0.00759. The van der Waals surface area contributed by atoms with Crippen LogP contribution in [0, 0.1) is 5.92 Å². The zero-order valence-electron chi connectivity index (χ0n) is 15.5. The van der Waals surface area contributed by atoms with Crippen LogP contribution in [-0.2, 0) is 4.74 Å². The van der Waals surface area contributed by atoms with Crippen molar-refractivity contribution in [3.05, 3.63) is 29.8 Å². The van der Waals surface area contributed by atoms with Gasteiger partial charge in [0.05, 0.1) is 6.10 Å². The number of hydrogen-bond acceptors (Lipinski definition) is 4. The molecule has 0 aromatic heterocycles. The minimum absolute atomic E-state index is 0.148. The highest BCUT2D eigenvalue weighted by atomic mass is 16.5. The lowest BCUT2D eigenvalue weighted by atomic mass is 9.94. The van der Waals surface area contributed by atoms with Crippen molar-refractivity contribution in [1.29, 1.82) is 0 Å². The third-order valence-electron chi connectivity index (χ3n) is 5.45. The Kier molecular flexibility index (Phi) is 6.32. The van der Waals surface area contributed by atoms with E-state index in [1.807, 2.05) is 29.2 Å². The molecule has 2 heterocycles. The third kappa shape index (κ3) is 4.95. The number of ether oxygens (including phenoxy) is 1. The summed E-state index contributed by atoms with van der Waals surface area (Å²) in [5.74, 6) is 0.820. The highest BCUT2D eigenvalue weighted by Gasteiger charge is 2.22. The standard InChI is InChI=1S/C20H31N3O2/c1-3-19-14-16(8-13-25-19)15-21-18-6-4-17(5-7-18)20(24)23-11-9-22(2)10-12-23/h4-7,16,19,21H,3,8-15H2,1-2H3/t16-,19+/m1/s1. The average molecular weight is 345 g/mol. The molecule has 2 fully saturated rings. The number of carbonyl (C=O) groups is 1. The van der Waals surface area contributed by atoms with Crippen LogP contribution in [0.1, 0.15) is 36.5 Å². The van der Waals surface area contributed by atoms with Gasteiger partial charge in [-0.1, -0.05) is 6.92 Å². The average Bonchev–Trinajstić information content (AvgIpc) is 2.67. The Morgan fingerprint density at radius 1 is 1.20 bits per heavy atom. The molecular formula is C20H31N3O2. The molecule has 1 amide bonds. The number of piperazine rings is 1. The largest absolute Gasteiger partial charge is 0.385 e. The smallest absolute Gasteiger partial charge is 0.253 e. The minimum Gasteiger partial charge on any atom is -0.385 e. The van der Waals surface area contributed by atoms with Crippen LogP contribution >= 0.6 is 0 Å². The predicted molar refractivity (Wildman–Crippen MR) is 101 cm³/mol. The number of rotatable bonds is 5. The van der Waals surface area contributed by atoms with Gasteiger partial charge in [-0.05, 0) is 56.5 Å². The Balaban J connectivity index is 1.49. The fraction of sp³-hybridized carbons (Fsp3) is 0.650. The molecule has 5 nitrogen and oxygen atoms in total. The predicted octanol–water partition coefficient (Wildman–Crippen LogP) is 2.69. The molecule has 0 unspecified atom stereocenters. The summed E-state index contributed by atoms with van der Waals surface area (Å²) in [6.07, 6.45) is 3.79. The quantitative estimate of drug-likeness (QED) is 0.891. The molecule has 2 saturated heterocycles. The van der Waals surface area contributed by atoms with Crippen LogP contribution in [0.15, 0.2) is 24.3 Å². The van der Waals surface area contributed by atoms with E-state index < -0.39 is 0 Å². The first-order chi connectivity index (χ1) is 12.2. The summed E-state index contributed by atoms with van der Waals surface area (Å²) in [4.78, 5) is 16.8. The first kappa shape index (κ1) is 18.2. The van der Waals surface area contributed by atoms with E-state index in [9.17, 15) is 4.79 Å². The number of likely N-dealkylation sites (N-methyl/N-ethyl adjacent to an activating group) is 1. The lowest BCUT2D eigenvalue weighted by Gasteiger charge is -2.32. The van der Waals surface area contributed by atoms with Crippen LogP contribution < -0.4 is 5.32 Å². The molecule has 1 N–H and O–H groups in total. The molecule has 0 bridgehead atoms. The molecule has 0 saturated carbocycles. The summed E-state index contributed by atoms with van der Waals surface area (Å²) in [7, 11) is 2.10. The fourth-order valence-electron chi connectivity index (χ4n) is 3.61. The molecule has 0 spiro atoms. The maximum atomic E-state index is 12.6. The third-order valence-corrected chi connectivity index (χ3v) is 5.45. The first-order valence-corrected chi connectivity index (χ1v) is 9.59. The van der Waals surface area contributed by atoms with Crippen molar-refractivity contribution in [1.82, 2.24) is 9.80 Å². The highest BCUT2D eigenvalue weighted by molar-refractivity contribution is 5.94. The van der Waals surface area contributed by atoms with Crippen molar-refractivity contribution in [3.8, 4) is 0 Å². The second-order valence-corrected chi connectivity index (χ2v) is 7.35. The molecule has 1 aromatic carbocycles. The fourth-order valence-corrected chi connectivity index (χ4v) is 3.61. The van der Waals surface area contributed by atoms with Crippen molar-refractivity contribution in [2.24, 2.45) is 5.92 Å². The molecule has 2 atom stereocenters. The normalized spacial score (nSPS) is 25.0. The van der Waals surface area contributed by atoms with Crippen LogP contribution in [0.3, 0.4) is 0 Å². The monoisotopic (exact) mass is 345 g/mol. The SMILES string of the molecule is CC[C@H]1C[C@H](CNc2ccc(C(=O)N3CCN(C)CC3)cc2)CCO1. The number of carbonyl (C=O) groups excluding carboxylic acids is 1. The number of hydrogen-bond donors (Lipinski definition) is 1. The molecule has 5 heteroatoms. The summed E-state index contributed by atoms with van der Waals surface area (Å²) in [6.45, 7) is 7.59. The number of anilines is 1. The van der Waals surface area contributed by atoms with Crippen molar-refractivity contribution >= 4 is 11.6 Å². The molecule has 1 aromatic rings. The highest BCUT2D eigenvalue weighted by Crippen LogP contribution is 2.23. The van der Waals surface area contributed by atoms with E-state index in [0.29, 0.717) is 12.0 Å². The zero-order chi connectivity index (χ0) is 17.6. The van der Waals surface area contributed by atoms with E-state index in [-0.39, 0.29) is 5.91 Å². The van der Waals surface area contributed by atoms with E-state index in [4.69, 9.17) is 4.74 Å². The van der Waals surface area contributed by atoms with Gasteiger partial charge in [0.25, 0.3) is 5.91 Å². The topological polar surface area (TPSA) is 44.8 Å². The summed E-state index contributed by atoms with van der Waals surface area (Å²) in [6, 6.07) is 7.95. The van der Waals surface area contributed by atoms with Gasteiger partial charge in [-0.25, -0.2) is 0 Å². The van der Waals surface area contributed by atoms with E-state index in [2.05, 4.69) is 24.2 Å². The minimum atomic E-state index is 0.148. The number of amides is 1. The first-order valence-electron chi connectivity index (χ1n) is 9.59. The summed E-state index contributed by atoms with van der Waals surface area (Å²) in [5.41, 5.74) is 1.88. The maximum Gasteiger partial charge on any atom is 0.253 e. The van der Waals surface area contributed by atoms with Crippen LogP contribution in [0.4, 0.5) is 5.69 Å². The molecular weight excluding hydrogens is 314 g/mol. The maximum absolute atomic E-state index is 12.6. The number of benzene rings is 1. The number of nitrogens with one attached hydrogen (secondary N) is 1. The van der Waals surface area contributed by atoms with Crippen LogP contribution in [0.5, 0.6) is 0 Å². The van der Waals surface area contributed by atoms with Gasteiger partial charge in [0.15, 0.2) is 0 Å². The van der Waals surface area contributed by atoms with Gasteiger partial charge in [0, 0.05) is 50.6 Å². The Morgan fingerprint density at radius 2 is 1.92 bits per heavy atom. The van der Waals surface area contributed by atoms with Gasteiger partial charge in [0.2, 0.25) is 0 Å². The van der Waals surface area contributed by atoms with Gasteiger partial charge < -0.3 is 19.9 Å². The van der Waals surface area contributed by atoms with Crippen molar-refractivity contribution < 1.29 is 9.53 Å². The van der Waals surface area contributed by atoms with E-state index in [1.165, 1.54) is 0 Å². The molecule has 3 rings (SSSR count). The van der Waals surface area contributed by atoms with Gasteiger partial charge in [0.1, 0.15) is 0 Å².